The number of rotatable bonds is 8. The van der Waals surface area contributed by atoms with Crippen molar-refractivity contribution >= 4 is 60.8 Å². The van der Waals surface area contributed by atoms with E-state index in [0.717, 1.165) is 78.1 Å². The molecule has 0 bridgehead atoms. The fourth-order valence-electron chi connectivity index (χ4n) is 9.54. The second-order valence-corrected chi connectivity index (χ2v) is 16.0. The van der Waals surface area contributed by atoms with Crippen LogP contribution in [0.2, 0.25) is 0 Å². The molecule has 0 atom stereocenters. The third-order valence-corrected chi connectivity index (χ3v) is 12.4. The first-order chi connectivity index (χ1) is 31.3. The molecule has 3 heteroatoms. The standard InChI is InChI=1S/C60H40N2O/c1-3-18-41(19-4-1)44-36-39-47(58(40-44)62-56-31-14-8-23-48(56)49-24-9-15-32-57(49)62)43-34-37-45(38-35-43)61(54-29-12-7-22-46(54)42-20-5-2-6-21-42)55-30-13-10-25-50(55)52-27-17-28-53-51-26-11-16-33-59(51)63-60(52)53/h1-40H. The number of benzene rings is 10. The average Bonchev–Trinajstić information content (AvgIpc) is 3.91. The molecule has 0 unspecified atom stereocenters. The van der Waals surface area contributed by atoms with Crippen molar-refractivity contribution in [1.29, 1.82) is 0 Å². The molecule has 0 aliphatic heterocycles. The van der Waals surface area contributed by atoms with Gasteiger partial charge in [0.15, 0.2) is 0 Å². The van der Waals surface area contributed by atoms with Gasteiger partial charge in [0.05, 0.1) is 28.1 Å². The zero-order chi connectivity index (χ0) is 41.7. The Bertz CT molecular complexity index is 3570. The molecule has 0 amide bonds. The molecule has 0 radical (unpaired) electrons. The molecule has 0 N–H and O–H groups in total. The van der Waals surface area contributed by atoms with Gasteiger partial charge in [-0.2, -0.15) is 0 Å². The fourth-order valence-corrected chi connectivity index (χ4v) is 9.54. The molecule has 0 fully saturated rings. The van der Waals surface area contributed by atoms with E-state index in [-0.39, 0.29) is 0 Å². The summed E-state index contributed by atoms with van der Waals surface area (Å²) in [5, 5.41) is 4.70. The van der Waals surface area contributed by atoms with Gasteiger partial charge < -0.3 is 13.9 Å². The van der Waals surface area contributed by atoms with Crippen molar-refractivity contribution in [3.63, 3.8) is 0 Å². The van der Waals surface area contributed by atoms with Gasteiger partial charge in [0.25, 0.3) is 0 Å². The lowest BCUT2D eigenvalue weighted by Gasteiger charge is -2.30. The molecular formula is C60H40N2O. The Hall–Kier alpha value is -8.40. The van der Waals surface area contributed by atoms with Crippen LogP contribution in [0, 0.1) is 0 Å². The Morgan fingerprint density at radius 1 is 0.317 bits per heavy atom. The maximum Gasteiger partial charge on any atom is 0.143 e. The van der Waals surface area contributed by atoms with E-state index in [9.17, 15) is 0 Å². The van der Waals surface area contributed by atoms with Crippen molar-refractivity contribution in [2.45, 2.75) is 0 Å². The minimum atomic E-state index is 0.884. The highest BCUT2D eigenvalue weighted by molar-refractivity contribution is 6.12. The summed E-state index contributed by atoms with van der Waals surface area (Å²) in [4.78, 5) is 2.41. The molecule has 12 rings (SSSR count). The molecule has 0 spiro atoms. The summed E-state index contributed by atoms with van der Waals surface area (Å²) in [6.07, 6.45) is 0. The Labute approximate surface area is 366 Å². The van der Waals surface area contributed by atoms with Crippen LogP contribution in [0.15, 0.2) is 247 Å². The summed E-state index contributed by atoms with van der Waals surface area (Å²) in [5.74, 6) is 0. The monoisotopic (exact) mass is 804 g/mol. The lowest BCUT2D eigenvalue weighted by Crippen LogP contribution is -2.12. The molecular weight excluding hydrogens is 765 g/mol. The molecule has 296 valence electrons. The van der Waals surface area contributed by atoms with E-state index >= 15 is 0 Å². The highest BCUT2D eigenvalue weighted by atomic mass is 16.3. The second-order valence-electron chi connectivity index (χ2n) is 16.0. The van der Waals surface area contributed by atoms with Crippen LogP contribution >= 0.6 is 0 Å². The quantitative estimate of drug-likeness (QED) is 0.153. The molecule has 0 saturated carbocycles. The molecule has 0 saturated heterocycles. The smallest absolute Gasteiger partial charge is 0.143 e. The number of hydrogen-bond acceptors (Lipinski definition) is 2. The molecule has 3 nitrogen and oxygen atoms in total. The maximum absolute atomic E-state index is 6.65. The molecule has 12 aromatic rings. The summed E-state index contributed by atoms with van der Waals surface area (Å²) in [7, 11) is 0. The van der Waals surface area contributed by atoms with E-state index in [0.29, 0.717) is 0 Å². The van der Waals surface area contributed by atoms with Crippen molar-refractivity contribution in [2.24, 2.45) is 0 Å². The summed E-state index contributed by atoms with van der Waals surface area (Å²) in [5.41, 5.74) is 17.5. The van der Waals surface area contributed by atoms with Gasteiger partial charge in [0.1, 0.15) is 11.2 Å². The van der Waals surface area contributed by atoms with Crippen LogP contribution in [0.4, 0.5) is 17.1 Å². The van der Waals surface area contributed by atoms with Gasteiger partial charge in [-0.3, -0.25) is 0 Å². The number of anilines is 3. The first-order valence-corrected chi connectivity index (χ1v) is 21.5. The third-order valence-electron chi connectivity index (χ3n) is 12.4. The van der Waals surface area contributed by atoms with Crippen LogP contribution < -0.4 is 4.90 Å². The van der Waals surface area contributed by atoms with Gasteiger partial charge in [-0.1, -0.05) is 194 Å². The van der Waals surface area contributed by atoms with Gasteiger partial charge in [0.2, 0.25) is 0 Å². The Morgan fingerprint density at radius 3 is 1.54 bits per heavy atom. The van der Waals surface area contributed by atoms with E-state index in [1.807, 2.05) is 6.07 Å². The zero-order valence-electron chi connectivity index (χ0n) is 34.4. The largest absolute Gasteiger partial charge is 0.455 e. The maximum atomic E-state index is 6.65. The fraction of sp³-hybridized carbons (Fsp3) is 0. The Balaban J connectivity index is 1.06. The highest BCUT2D eigenvalue weighted by Gasteiger charge is 2.23. The number of hydrogen-bond donors (Lipinski definition) is 0. The molecule has 2 heterocycles. The highest BCUT2D eigenvalue weighted by Crippen LogP contribution is 2.47. The van der Waals surface area contributed by atoms with E-state index in [1.165, 1.54) is 32.9 Å². The van der Waals surface area contributed by atoms with Gasteiger partial charge in [-0.15, -0.1) is 0 Å². The minimum absolute atomic E-state index is 0.884. The van der Waals surface area contributed by atoms with Crippen LogP contribution in [-0.2, 0) is 0 Å². The first kappa shape index (κ1) is 36.5. The normalized spacial score (nSPS) is 11.5. The predicted octanol–water partition coefficient (Wildman–Crippen LogP) is 16.8. The van der Waals surface area contributed by atoms with Gasteiger partial charge >= 0.3 is 0 Å². The number of furan rings is 1. The number of fused-ring (bicyclic) bond motifs is 6. The van der Waals surface area contributed by atoms with Crippen molar-refractivity contribution in [1.82, 2.24) is 4.57 Å². The molecule has 2 aromatic heterocycles. The minimum Gasteiger partial charge on any atom is -0.455 e. The lowest BCUT2D eigenvalue weighted by molar-refractivity contribution is 0.670. The number of nitrogens with zero attached hydrogens (tertiary/aromatic N) is 2. The summed E-state index contributed by atoms with van der Waals surface area (Å²) in [6, 6.07) is 87.1. The Kier molecular flexibility index (Phi) is 8.83. The molecule has 10 aromatic carbocycles. The van der Waals surface area contributed by atoms with Crippen LogP contribution in [0.1, 0.15) is 0 Å². The molecule has 0 aliphatic carbocycles. The topological polar surface area (TPSA) is 21.3 Å². The van der Waals surface area contributed by atoms with Gasteiger partial charge in [0, 0.05) is 49.5 Å². The van der Waals surface area contributed by atoms with Crippen molar-refractivity contribution in [3.8, 4) is 50.2 Å². The van der Waals surface area contributed by atoms with E-state index in [2.05, 4.69) is 246 Å². The number of aromatic nitrogens is 1. The predicted molar refractivity (Wildman–Crippen MR) is 264 cm³/mol. The van der Waals surface area contributed by atoms with Crippen LogP contribution in [-0.4, -0.2) is 4.57 Å². The average molecular weight is 805 g/mol. The van der Waals surface area contributed by atoms with Gasteiger partial charge in [-0.05, 0) is 70.8 Å². The Morgan fingerprint density at radius 2 is 0.825 bits per heavy atom. The van der Waals surface area contributed by atoms with Crippen molar-refractivity contribution < 1.29 is 4.42 Å². The van der Waals surface area contributed by atoms with Gasteiger partial charge in [-0.25, -0.2) is 0 Å². The molecule has 0 aliphatic rings. The summed E-state index contributed by atoms with van der Waals surface area (Å²) < 4.78 is 9.10. The molecule has 63 heavy (non-hydrogen) atoms. The van der Waals surface area contributed by atoms with E-state index in [1.54, 1.807) is 0 Å². The summed E-state index contributed by atoms with van der Waals surface area (Å²) in [6.45, 7) is 0. The van der Waals surface area contributed by atoms with E-state index < -0.39 is 0 Å². The second kappa shape index (κ2) is 15.3. The lowest BCUT2D eigenvalue weighted by atomic mass is 9.96. The van der Waals surface area contributed by atoms with Crippen molar-refractivity contribution in [2.75, 3.05) is 4.90 Å². The van der Waals surface area contributed by atoms with E-state index in [4.69, 9.17) is 4.42 Å². The SMILES string of the molecule is c1ccc(-c2ccc(-c3ccc(N(c4ccccc4-c4ccccc4)c4ccccc4-c4cccc5c4oc4ccccc45)cc3)c(-n3c4ccccc4c4ccccc43)c2)cc1. The summed E-state index contributed by atoms with van der Waals surface area (Å²) >= 11 is 0. The zero-order valence-corrected chi connectivity index (χ0v) is 34.4. The van der Waals surface area contributed by atoms with Crippen LogP contribution in [0.25, 0.3) is 93.9 Å². The van der Waals surface area contributed by atoms with Crippen molar-refractivity contribution in [3.05, 3.63) is 243 Å². The first-order valence-electron chi connectivity index (χ1n) is 21.5. The third kappa shape index (κ3) is 6.21. The van der Waals surface area contributed by atoms with Crippen LogP contribution in [0.3, 0.4) is 0 Å². The van der Waals surface area contributed by atoms with Crippen LogP contribution in [0.5, 0.6) is 0 Å². The number of para-hydroxylation sites is 6.